The van der Waals surface area contributed by atoms with Crippen LogP contribution in [0.1, 0.15) is 52.6 Å². The van der Waals surface area contributed by atoms with Gasteiger partial charge in [0.25, 0.3) is 5.91 Å². The lowest BCUT2D eigenvalue weighted by Crippen LogP contribution is -2.56. The molecule has 1 unspecified atom stereocenters. The Kier molecular flexibility index (Phi) is 4.97. The van der Waals surface area contributed by atoms with Crippen LogP contribution in [0.4, 0.5) is 0 Å². The van der Waals surface area contributed by atoms with Crippen LogP contribution < -0.4 is 0 Å². The molecule has 0 N–H and O–H groups in total. The lowest BCUT2D eigenvalue weighted by molar-refractivity contribution is -0.136. The van der Waals surface area contributed by atoms with E-state index in [1.807, 2.05) is 54.1 Å². The molecule has 2 aromatic carbocycles. The van der Waals surface area contributed by atoms with Gasteiger partial charge < -0.3 is 9.30 Å². The van der Waals surface area contributed by atoms with Crippen molar-refractivity contribution in [1.29, 1.82) is 0 Å². The minimum atomic E-state index is -1.16. The molecule has 32 heavy (non-hydrogen) atoms. The highest BCUT2D eigenvalue weighted by Crippen LogP contribution is 2.43. The first-order valence-electron chi connectivity index (χ1n) is 11.1. The Morgan fingerprint density at radius 1 is 1.09 bits per heavy atom. The molecule has 2 aliphatic heterocycles. The van der Waals surface area contributed by atoms with Gasteiger partial charge in [-0.25, -0.2) is 0 Å². The molecule has 0 saturated carbocycles. The molecule has 1 aromatic heterocycles. The highest BCUT2D eigenvalue weighted by molar-refractivity contribution is 6.20. The highest BCUT2D eigenvalue weighted by atomic mass is 16.5. The zero-order valence-electron chi connectivity index (χ0n) is 18.3. The van der Waals surface area contributed by atoms with Gasteiger partial charge in [0.1, 0.15) is 0 Å². The number of fused-ring (bicyclic) bond motifs is 3. The molecule has 1 fully saturated rings. The molecule has 164 valence electrons. The van der Waals surface area contributed by atoms with Crippen LogP contribution >= 0.6 is 0 Å². The van der Waals surface area contributed by atoms with E-state index < -0.39 is 5.41 Å². The van der Waals surface area contributed by atoms with Gasteiger partial charge in [-0.3, -0.25) is 19.3 Å². The number of rotatable bonds is 5. The van der Waals surface area contributed by atoms with Gasteiger partial charge in [0, 0.05) is 42.2 Å². The molecular formula is C26H26N2O4. The summed E-state index contributed by atoms with van der Waals surface area (Å²) in [6.07, 6.45) is 1.57. The van der Waals surface area contributed by atoms with Gasteiger partial charge in [-0.05, 0) is 25.8 Å². The maximum absolute atomic E-state index is 13.9. The second kappa shape index (κ2) is 7.71. The summed E-state index contributed by atoms with van der Waals surface area (Å²) in [6.45, 7) is 2.66. The summed E-state index contributed by atoms with van der Waals surface area (Å²) in [7, 11) is 1.86. The Hall–Kier alpha value is -3.25. The van der Waals surface area contributed by atoms with E-state index in [0.717, 1.165) is 23.7 Å². The van der Waals surface area contributed by atoms with Crippen molar-refractivity contribution in [2.45, 2.75) is 37.7 Å². The van der Waals surface area contributed by atoms with Crippen LogP contribution in [0.25, 0.3) is 10.9 Å². The summed E-state index contributed by atoms with van der Waals surface area (Å²) in [4.78, 5) is 42.1. The molecule has 2 amide bonds. The first-order chi connectivity index (χ1) is 15.4. The van der Waals surface area contributed by atoms with E-state index in [1.165, 1.54) is 4.90 Å². The largest absolute Gasteiger partial charge is 0.376 e. The van der Waals surface area contributed by atoms with Crippen molar-refractivity contribution in [3.8, 4) is 0 Å². The average molecular weight is 431 g/mol. The Bertz CT molecular complexity index is 1220. The van der Waals surface area contributed by atoms with E-state index in [2.05, 4.69) is 0 Å². The molecule has 0 bridgehead atoms. The molecule has 2 aliphatic rings. The van der Waals surface area contributed by atoms with Gasteiger partial charge >= 0.3 is 0 Å². The number of imide groups is 1. The predicted octanol–water partition coefficient (Wildman–Crippen LogP) is 3.87. The van der Waals surface area contributed by atoms with Crippen molar-refractivity contribution in [2.75, 3.05) is 13.2 Å². The fraction of sp³-hybridized carbons (Fsp3) is 0.346. The number of carbonyl (C=O) groups excluding carboxylic acids is 3. The zero-order chi connectivity index (χ0) is 22.5. The Morgan fingerprint density at radius 3 is 2.53 bits per heavy atom. The van der Waals surface area contributed by atoms with Crippen LogP contribution in [0.3, 0.4) is 0 Å². The zero-order valence-corrected chi connectivity index (χ0v) is 18.3. The molecule has 3 heterocycles. The Balaban J connectivity index is 1.66. The normalized spacial score (nSPS) is 23.1. The summed E-state index contributed by atoms with van der Waals surface area (Å²) < 4.78 is 7.64. The molecule has 1 saturated heterocycles. The third-order valence-corrected chi connectivity index (χ3v) is 6.83. The van der Waals surface area contributed by atoms with Gasteiger partial charge in [0.15, 0.2) is 5.78 Å². The lowest BCUT2D eigenvalue weighted by Gasteiger charge is -2.39. The molecule has 6 heteroatoms. The van der Waals surface area contributed by atoms with Crippen molar-refractivity contribution in [3.05, 3.63) is 71.4 Å². The van der Waals surface area contributed by atoms with Gasteiger partial charge in [-0.15, -0.1) is 0 Å². The summed E-state index contributed by atoms with van der Waals surface area (Å²) in [5, 5.41) is 0.804. The highest BCUT2D eigenvalue weighted by Gasteiger charge is 2.52. The van der Waals surface area contributed by atoms with Gasteiger partial charge in [-0.2, -0.15) is 0 Å². The smallest absolute Gasteiger partial charge is 0.263 e. The minimum Gasteiger partial charge on any atom is -0.376 e. The second-order valence-corrected chi connectivity index (χ2v) is 8.95. The second-order valence-electron chi connectivity index (χ2n) is 8.95. The molecule has 3 aromatic rings. The fourth-order valence-electron chi connectivity index (χ4n) is 5.25. The summed E-state index contributed by atoms with van der Waals surface area (Å²) >= 11 is 0. The van der Waals surface area contributed by atoms with Crippen molar-refractivity contribution >= 4 is 28.5 Å². The van der Waals surface area contributed by atoms with Crippen LogP contribution in [-0.2, 0) is 22.0 Å². The Morgan fingerprint density at radius 2 is 1.81 bits per heavy atom. The monoisotopic (exact) mass is 430 g/mol. The number of benzene rings is 2. The van der Waals surface area contributed by atoms with E-state index in [-0.39, 0.29) is 36.7 Å². The molecule has 6 nitrogen and oxygen atoms in total. The molecule has 5 rings (SSSR count). The van der Waals surface area contributed by atoms with Crippen molar-refractivity contribution in [3.63, 3.8) is 0 Å². The molecule has 2 atom stereocenters. The van der Waals surface area contributed by atoms with Crippen molar-refractivity contribution in [1.82, 2.24) is 9.47 Å². The van der Waals surface area contributed by atoms with Gasteiger partial charge in [0.05, 0.1) is 23.6 Å². The molecule has 0 spiro atoms. The van der Waals surface area contributed by atoms with Crippen LogP contribution in [0.15, 0.2) is 54.6 Å². The van der Waals surface area contributed by atoms with Gasteiger partial charge in [0.2, 0.25) is 5.91 Å². The number of nitrogens with zero attached hydrogens (tertiary/aromatic N) is 2. The van der Waals surface area contributed by atoms with E-state index in [9.17, 15) is 14.4 Å². The topological polar surface area (TPSA) is 68.6 Å². The van der Waals surface area contributed by atoms with E-state index >= 15 is 0 Å². The van der Waals surface area contributed by atoms with Crippen LogP contribution in [0.2, 0.25) is 0 Å². The molecule has 0 radical (unpaired) electrons. The summed E-state index contributed by atoms with van der Waals surface area (Å²) in [5.41, 5.74) is 1.40. The third-order valence-electron chi connectivity index (χ3n) is 6.83. The number of ketones is 1. The SMILES string of the molecule is Cn1c2c(c3ccccc31)C(=O)N(C[C@H]1CCCO1)C(=O)C2(C)CC(=O)c1ccccc1. The first kappa shape index (κ1) is 20.6. The number of aromatic nitrogens is 1. The number of ether oxygens (including phenoxy) is 1. The number of hydrogen-bond acceptors (Lipinski definition) is 4. The predicted molar refractivity (Wildman–Crippen MR) is 121 cm³/mol. The number of para-hydroxylation sites is 1. The number of aryl methyl sites for hydroxylation is 1. The van der Waals surface area contributed by atoms with Crippen molar-refractivity contribution < 1.29 is 19.1 Å². The maximum Gasteiger partial charge on any atom is 0.263 e. The fourth-order valence-corrected chi connectivity index (χ4v) is 5.25. The number of amides is 2. The van der Waals surface area contributed by atoms with Crippen LogP contribution in [0.5, 0.6) is 0 Å². The van der Waals surface area contributed by atoms with Crippen LogP contribution in [0, 0.1) is 0 Å². The average Bonchev–Trinajstić information content (AvgIpc) is 3.43. The van der Waals surface area contributed by atoms with E-state index in [4.69, 9.17) is 4.74 Å². The van der Waals surface area contributed by atoms with E-state index in [1.54, 1.807) is 19.1 Å². The quantitative estimate of drug-likeness (QED) is 0.455. The number of Topliss-reactive ketones (excluding diaryl/α,β-unsaturated/α-hetero) is 1. The summed E-state index contributed by atoms with van der Waals surface area (Å²) in [5.74, 6) is -0.758. The third kappa shape index (κ3) is 3.09. The standard InChI is InChI=1S/C26H26N2O4/c1-26(15-21(29)17-9-4-3-5-10-17)23-22(19-12-6-7-13-20(19)27(23)2)24(30)28(25(26)31)16-18-11-8-14-32-18/h3-7,9-10,12-13,18H,8,11,14-16H2,1-2H3/t18-,26?/m1/s1. The van der Waals surface area contributed by atoms with Crippen LogP contribution in [-0.4, -0.2) is 46.3 Å². The number of carbonyl (C=O) groups is 3. The molecule has 0 aliphatic carbocycles. The maximum atomic E-state index is 13.9. The lowest BCUT2D eigenvalue weighted by atomic mass is 9.74. The van der Waals surface area contributed by atoms with E-state index in [0.29, 0.717) is 23.4 Å². The first-order valence-corrected chi connectivity index (χ1v) is 11.1. The Labute approximate surface area is 186 Å². The number of hydrogen-bond donors (Lipinski definition) is 0. The molecular weight excluding hydrogens is 404 g/mol. The van der Waals surface area contributed by atoms with Gasteiger partial charge in [-0.1, -0.05) is 48.5 Å². The minimum absolute atomic E-state index is 0.0116. The summed E-state index contributed by atoms with van der Waals surface area (Å²) in [6, 6.07) is 16.7. The van der Waals surface area contributed by atoms with Crippen molar-refractivity contribution in [2.24, 2.45) is 7.05 Å².